The van der Waals surface area contributed by atoms with Gasteiger partial charge in [-0.05, 0) is 44.7 Å². The number of nitrogens with zero attached hydrogens (tertiary/aromatic N) is 1. The van der Waals surface area contributed by atoms with Crippen LogP contribution < -0.4 is 10.6 Å². The Morgan fingerprint density at radius 2 is 1.92 bits per heavy atom. The number of carbonyl (C=O) groups excluding carboxylic acids is 2. The number of benzene rings is 1. The zero-order valence-electron chi connectivity index (χ0n) is 14.7. The Kier molecular flexibility index (Phi) is 6.68. The van der Waals surface area contributed by atoms with Gasteiger partial charge in [0.1, 0.15) is 4.34 Å². The minimum absolute atomic E-state index is 0.0147. The van der Waals surface area contributed by atoms with Gasteiger partial charge in [0, 0.05) is 27.9 Å². The molecule has 0 aliphatic heterocycles. The number of carbonyl (C=O) groups is 2. The molecular formula is C19H23N3O2S2. The highest BCUT2D eigenvalue weighted by atomic mass is 32.2. The molecule has 1 saturated carbocycles. The van der Waals surface area contributed by atoms with Crippen LogP contribution in [0.25, 0.3) is 0 Å². The van der Waals surface area contributed by atoms with E-state index in [1.165, 1.54) is 0 Å². The first-order valence-electron chi connectivity index (χ1n) is 8.81. The lowest BCUT2D eigenvalue weighted by atomic mass is 9.95. The van der Waals surface area contributed by atoms with E-state index >= 15 is 0 Å². The Morgan fingerprint density at radius 3 is 2.58 bits per heavy atom. The lowest BCUT2D eigenvalue weighted by molar-refractivity contribution is -0.121. The molecule has 138 valence electrons. The van der Waals surface area contributed by atoms with E-state index in [4.69, 9.17) is 0 Å². The molecule has 0 bridgehead atoms. The van der Waals surface area contributed by atoms with E-state index in [2.05, 4.69) is 21.0 Å². The molecular weight excluding hydrogens is 366 g/mol. The third kappa shape index (κ3) is 5.57. The van der Waals surface area contributed by atoms with Crippen LogP contribution in [0, 0.1) is 6.92 Å². The number of aromatic nitrogens is 1. The molecule has 7 heteroatoms. The van der Waals surface area contributed by atoms with Gasteiger partial charge in [-0.25, -0.2) is 4.98 Å². The monoisotopic (exact) mass is 389 g/mol. The van der Waals surface area contributed by atoms with Gasteiger partial charge in [-0.2, -0.15) is 0 Å². The standard InChI is InChI=1S/C19H23N3O2S2/c1-13-12-25-19(21-13)26-16-9-7-15(8-10-16)22-17(23)11-20-18(24)14-5-3-2-4-6-14/h2-6,12,15-16H,7-11H2,1H3,(H,20,24)(H,22,23). The number of hydrogen-bond acceptors (Lipinski definition) is 5. The van der Waals surface area contributed by atoms with Crippen LogP contribution in [-0.2, 0) is 4.79 Å². The molecule has 2 amide bonds. The smallest absolute Gasteiger partial charge is 0.251 e. The van der Waals surface area contributed by atoms with Crippen LogP contribution in [0.4, 0.5) is 0 Å². The number of amides is 2. The second kappa shape index (κ2) is 9.19. The van der Waals surface area contributed by atoms with E-state index in [1.807, 2.05) is 24.8 Å². The van der Waals surface area contributed by atoms with Gasteiger partial charge in [0.25, 0.3) is 5.91 Å². The molecule has 1 aromatic carbocycles. The molecule has 1 heterocycles. The number of thioether (sulfide) groups is 1. The van der Waals surface area contributed by atoms with Gasteiger partial charge in [0.2, 0.25) is 5.91 Å². The summed E-state index contributed by atoms with van der Waals surface area (Å²) >= 11 is 3.56. The fourth-order valence-electron chi connectivity index (χ4n) is 2.98. The molecule has 1 aliphatic carbocycles. The highest BCUT2D eigenvalue weighted by molar-refractivity contribution is 8.01. The van der Waals surface area contributed by atoms with Crippen molar-refractivity contribution in [3.05, 3.63) is 47.0 Å². The minimum atomic E-state index is -0.223. The fraction of sp³-hybridized carbons (Fsp3) is 0.421. The molecule has 0 saturated heterocycles. The zero-order valence-corrected chi connectivity index (χ0v) is 16.4. The quantitative estimate of drug-likeness (QED) is 0.794. The Labute approximate surface area is 162 Å². The van der Waals surface area contributed by atoms with Crippen LogP contribution in [0.2, 0.25) is 0 Å². The summed E-state index contributed by atoms with van der Waals surface area (Å²) in [6.07, 6.45) is 4.09. The number of aryl methyl sites for hydroxylation is 1. The Hall–Kier alpha value is -1.86. The van der Waals surface area contributed by atoms with Crippen LogP contribution in [-0.4, -0.2) is 34.6 Å². The predicted octanol–water partition coefficient (Wildman–Crippen LogP) is 3.40. The van der Waals surface area contributed by atoms with Crippen molar-refractivity contribution in [1.82, 2.24) is 15.6 Å². The second-order valence-corrected chi connectivity index (χ2v) is 8.87. The van der Waals surface area contributed by atoms with E-state index in [0.29, 0.717) is 10.8 Å². The van der Waals surface area contributed by atoms with Crippen LogP contribution in [0.3, 0.4) is 0 Å². The van der Waals surface area contributed by atoms with E-state index in [9.17, 15) is 9.59 Å². The number of hydrogen-bond donors (Lipinski definition) is 2. The molecule has 0 radical (unpaired) electrons. The van der Waals surface area contributed by atoms with Crippen molar-refractivity contribution in [3.63, 3.8) is 0 Å². The summed E-state index contributed by atoms with van der Waals surface area (Å²) in [4.78, 5) is 28.6. The van der Waals surface area contributed by atoms with Gasteiger partial charge in [0.05, 0.1) is 6.54 Å². The van der Waals surface area contributed by atoms with E-state index in [0.717, 1.165) is 35.7 Å². The molecule has 2 aromatic rings. The predicted molar refractivity (Wildman–Crippen MR) is 106 cm³/mol. The molecule has 0 unspecified atom stereocenters. The van der Waals surface area contributed by atoms with Crippen LogP contribution in [0.15, 0.2) is 40.1 Å². The summed E-state index contributed by atoms with van der Waals surface area (Å²) in [5, 5.41) is 8.37. The molecule has 26 heavy (non-hydrogen) atoms. The van der Waals surface area contributed by atoms with Gasteiger partial charge in [0.15, 0.2) is 0 Å². The maximum Gasteiger partial charge on any atom is 0.251 e. The van der Waals surface area contributed by atoms with E-state index in [1.54, 1.807) is 35.6 Å². The van der Waals surface area contributed by atoms with Gasteiger partial charge in [-0.3, -0.25) is 9.59 Å². The molecule has 1 aliphatic rings. The van der Waals surface area contributed by atoms with Gasteiger partial charge in [-0.15, -0.1) is 11.3 Å². The molecule has 2 N–H and O–H groups in total. The average Bonchev–Trinajstić information content (AvgIpc) is 3.07. The SMILES string of the molecule is Cc1csc(SC2CCC(NC(=O)CNC(=O)c3ccccc3)CC2)n1. The molecule has 0 spiro atoms. The van der Waals surface area contributed by atoms with Crippen molar-refractivity contribution in [2.45, 2.75) is 48.2 Å². The minimum Gasteiger partial charge on any atom is -0.352 e. The van der Waals surface area contributed by atoms with Crippen molar-refractivity contribution in [2.75, 3.05) is 6.54 Å². The second-order valence-electron chi connectivity index (χ2n) is 6.46. The van der Waals surface area contributed by atoms with Crippen molar-refractivity contribution >= 4 is 34.9 Å². The van der Waals surface area contributed by atoms with Gasteiger partial charge < -0.3 is 10.6 Å². The summed E-state index contributed by atoms with van der Waals surface area (Å²) in [6.45, 7) is 2.03. The molecule has 1 aromatic heterocycles. The molecule has 1 fully saturated rings. The van der Waals surface area contributed by atoms with Crippen molar-refractivity contribution in [1.29, 1.82) is 0 Å². The third-order valence-electron chi connectivity index (χ3n) is 4.35. The summed E-state index contributed by atoms with van der Waals surface area (Å²) in [7, 11) is 0. The summed E-state index contributed by atoms with van der Waals surface area (Å²) in [6, 6.07) is 9.13. The first-order valence-corrected chi connectivity index (χ1v) is 10.6. The molecule has 3 rings (SSSR count). The van der Waals surface area contributed by atoms with Crippen LogP contribution in [0.5, 0.6) is 0 Å². The lowest BCUT2D eigenvalue weighted by Gasteiger charge is -2.28. The number of rotatable bonds is 6. The summed E-state index contributed by atoms with van der Waals surface area (Å²) in [5.74, 6) is -0.347. The van der Waals surface area contributed by atoms with Crippen LogP contribution in [0.1, 0.15) is 41.7 Å². The van der Waals surface area contributed by atoms with Gasteiger partial charge in [-0.1, -0.05) is 30.0 Å². The average molecular weight is 390 g/mol. The molecule has 0 atom stereocenters. The Balaban J connectivity index is 1.36. The summed E-state index contributed by atoms with van der Waals surface area (Å²) < 4.78 is 1.14. The number of thiazole rings is 1. The summed E-state index contributed by atoms with van der Waals surface area (Å²) in [5.41, 5.74) is 1.64. The van der Waals surface area contributed by atoms with Crippen LogP contribution >= 0.6 is 23.1 Å². The lowest BCUT2D eigenvalue weighted by Crippen LogP contribution is -2.43. The highest BCUT2D eigenvalue weighted by Gasteiger charge is 2.24. The first kappa shape index (κ1) is 18.9. The van der Waals surface area contributed by atoms with Gasteiger partial charge >= 0.3 is 0 Å². The normalized spacial score (nSPS) is 19.7. The highest BCUT2D eigenvalue weighted by Crippen LogP contribution is 2.35. The van der Waals surface area contributed by atoms with E-state index in [-0.39, 0.29) is 24.4 Å². The maximum absolute atomic E-state index is 12.1. The first-order chi connectivity index (χ1) is 12.6. The number of nitrogens with one attached hydrogen (secondary N) is 2. The van der Waals surface area contributed by atoms with Crippen molar-refractivity contribution in [2.24, 2.45) is 0 Å². The third-order valence-corrected chi connectivity index (χ3v) is 6.78. The Morgan fingerprint density at radius 1 is 1.19 bits per heavy atom. The molecule has 5 nitrogen and oxygen atoms in total. The maximum atomic E-state index is 12.1. The van der Waals surface area contributed by atoms with Crippen molar-refractivity contribution < 1.29 is 9.59 Å². The Bertz CT molecular complexity index is 740. The zero-order chi connectivity index (χ0) is 18.4. The largest absolute Gasteiger partial charge is 0.352 e. The van der Waals surface area contributed by atoms with Crippen molar-refractivity contribution in [3.8, 4) is 0 Å². The fourth-order valence-corrected chi connectivity index (χ4v) is 5.27. The van der Waals surface area contributed by atoms with E-state index < -0.39 is 0 Å². The topological polar surface area (TPSA) is 71.1 Å².